The highest BCUT2D eigenvalue weighted by molar-refractivity contribution is 5.42. The van der Waals surface area contributed by atoms with Crippen LogP contribution in [0, 0.1) is 0 Å². The van der Waals surface area contributed by atoms with Gasteiger partial charge in [-0.3, -0.25) is 0 Å². The monoisotopic (exact) mass is 247 g/mol. The normalized spacial score (nSPS) is 18.4. The Morgan fingerprint density at radius 2 is 2.06 bits per heavy atom. The molecule has 17 heavy (non-hydrogen) atoms. The Bertz CT molecular complexity index is 433. The van der Waals surface area contributed by atoms with Crippen molar-refractivity contribution in [2.24, 2.45) is 5.73 Å². The summed E-state index contributed by atoms with van der Waals surface area (Å²) in [6, 6.07) is 3.94. The maximum absolute atomic E-state index is 12.8. The number of halogens is 3. The molecule has 0 aliphatic carbocycles. The predicted molar refractivity (Wildman–Crippen MR) is 54.6 cm³/mol. The van der Waals surface area contributed by atoms with Crippen molar-refractivity contribution in [3.05, 3.63) is 29.3 Å². The average Bonchev–Trinajstić information content (AvgIpc) is 2.73. The Labute approximate surface area is 96.0 Å². The fourth-order valence-electron chi connectivity index (χ4n) is 1.84. The molecule has 1 aromatic carbocycles. The highest BCUT2D eigenvalue weighted by Crippen LogP contribution is 2.40. The molecule has 0 spiro atoms. The standard InChI is InChI=1S/C11H12F3NO2/c12-11(13,14)10(16,6-15)8-1-2-9-7(5-8)3-4-17-9/h1-2,5,16H,3-4,6,15H2. The summed E-state index contributed by atoms with van der Waals surface area (Å²) in [5, 5.41) is 9.67. The first-order chi connectivity index (χ1) is 7.88. The van der Waals surface area contributed by atoms with E-state index in [9.17, 15) is 18.3 Å². The molecule has 3 N–H and O–H groups in total. The van der Waals surface area contributed by atoms with Gasteiger partial charge in [0.15, 0.2) is 5.60 Å². The molecule has 1 unspecified atom stereocenters. The molecule has 3 nitrogen and oxygen atoms in total. The summed E-state index contributed by atoms with van der Waals surface area (Å²) in [6.45, 7) is -0.456. The van der Waals surface area contributed by atoms with E-state index in [-0.39, 0.29) is 5.56 Å². The largest absolute Gasteiger partial charge is 0.493 e. The van der Waals surface area contributed by atoms with Gasteiger partial charge in [0.25, 0.3) is 0 Å². The van der Waals surface area contributed by atoms with Crippen molar-refractivity contribution in [2.75, 3.05) is 13.2 Å². The lowest BCUT2D eigenvalue weighted by Gasteiger charge is -2.29. The summed E-state index contributed by atoms with van der Waals surface area (Å²) in [5.74, 6) is 0.565. The van der Waals surface area contributed by atoms with E-state index in [2.05, 4.69) is 0 Å². The van der Waals surface area contributed by atoms with Crippen LogP contribution in [0.25, 0.3) is 0 Å². The van der Waals surface area contributed by atoms with Crippen molar-refractivity contribution in [3.8, 4) is 5.75 Å². The number of hydrogen-bond acceptors (Lipinski definition) is 3. The van der Waals surface area contributed by atoms with Crippen LogP contribution >= 0.6 is 0 Å². The van der Waals surface area contributed by atoms with Gasteiger partial charge < -0.3 is 15.6 Å². The van der Waals surface area contributed by atoms with E-state index in [1.54, 1.807) is 0 Å². The molecule has 2 rings (SSSR count). The molecule has 1 aliphatic heterocycles. The molecular weight excluding hydrogens is 235 g/mol. The van der Waals surface area contributed by atoms with Crippen molar-refractivity contribution < 1.29 is 23.0 Å². The highest BCUT2D eigenvalue weighted by Gasteiger charge is 2.54. The van der Waals surface area contributed by atoms with Gasteiger partial charge >= 0.3 is 6.18 Å². The van der Waals surface area contributed by atoms with Gasteiger partial charge in [-0.2, -0.15) is 13.2 Å². The SMILES string of the molecule is NCC(O)(c1ccc2c(c1)CCO2)C(F)(F)F. The van der Waals surface area contributed by atoms with Crippen LogP contribution in [0.3, 0.4) is 0 Å². The molecule has 0 aromatic heterocycles. The van der Waals surface area contributed by atoms with Crippen LogP contribution in [0.1, 0.15) is 11.1 Å². The third kappa shape index (κ3) is 1.87. The van der Waals surface area contributed by atoms with Crippen molar-refractivity contribution in [1.29, 1.82) is 0 Å². The maximum atomic E-state index is 12.8. The first kappa shape index (κ1) is 12.2. The molecule has 1 aliphatic rings. The van der Waals surface area contributed by atoms with Gasteiger partial charge in [0, 0.05) is 13.0 Å². The minimum absolute atomic E-state index is 0.239. The fourth-order valence-corrected chi connectivity index (χ4v) is 1.84. The zero-order chi connectivity index (χ0) is 12.7. The van der Waals surface area contributed by atoms with Crippen LogP contribution in [-0.4, -0.2) is 24.4 Å². The average molecular weight is 247 g/mol. The summed E-state index contributed by atoms with van der Waals surface area (Å²) in [6.07, 6.45) is -4.25. The van der Waals surface area contributed by atoms with E-state index in [4.69, 9.17) is 10.5 Å². The second kappa shape index (κ2) is 3.89. The predicted octanol–water partition coefficient (Wildman–Crippen LogP) is 1.33. The topological polar surface area (TPSA) is 55.5 Å². The fraction of sp³-hybridized carbons (Fsp3) is 0.455. The maximum Gasteiger partial charge on any atom is 0.422 e. The van der Waals surface area contributed by atoms with Gasteiger partial charge in [-0.1, -0.05) is 6.07 Å². The van der Waals surface area contributed by atoms with Crippen LogP contribution in [0.15, 0.2) is 18.2 Å². The van der Waals surface area contributed by atoms with E-state index in [1.807, 2.05) is 0 Å². The number of ether oxygens (including phenoxy) is 1. The van der Waals surface area contributed by atoms with E-state index < -0.39 is 18.3 Å². The van der Waals surface area contributed by atoms with Crippen molar-refractivity contribution in [1.82, 2.24) is 0 Å². The number of nitrogens with two attached hydrogens (primary N) is 1. The molecule has 0 bridgehead atoms. The molecule has 1 heterocycles. The molecular formula is C11H12F3NO2. The molecule has 0 amide bonds. The van der Waals surface area contributed by atoms with Crippen molar-refractivity contribution >= 4 is 0 Å². The number of hydrogen-bond donors (Lipinski definition) is 2. The summed E-state index contributed by atoms with van der Waals surface area (Å²) < 4.78 is 43.5. The first-order valence-electron chi connectivity index (χ1n) is 5.14. The summed E-state index contributed by atoms with van der Waals surface area (Å²) in [5.41, 5.74) is 2.50. The lowest BCUT2D eigenvalue weighted by atomic mass is 9.91. The zero-order valence-electron chi connectivity index (χ0n) is 8.92. The quantitative estimate of drug-likeness (QED) is 0.829. The number of rotatable bonds is 2. The number of fused-ring (bicyclic) bond motifs is 1. The van der Waals surface area contributed by atoms with Gasteiger partial charge in [0.2, 0.25) is 0 Å². The number of aliphatic hydroxyl groups is 1. The van der Waals surface area contributed by atoms with Gasteiger partial charge in [0.05, 0.1) is 6.61 Å². The Hall–Kier alpha value is -1.27. The number of alkyl halides is 3. The van der Waals surface area contributed by atoms with Gasteiger partial charge in [-0.25, -0.2) is 0 Å². The van der Waals surface area contributed by atoms with E-state index >= 15 is 0 Å². The van der Waals surface area contributed by atoms with Gasteiger partial charge in [0.1, 0.15) is 5.75 Å². The molecule has 0 radical (unpaired) electrons. The molecule has 0 saturated heterocycles. The molecule has 94 valence electrons. The summed E-state index contributed by atoms with van der Waals surface area (Å²) in [7, 11) is 0. The number of benzene rings is 1. The van der Waals surface area contributed by atoms with E-state index in [0.717, 1.165) is 0 Å². The van der Waals surface area contributed by atoms with Crippen molar-refractivity contribution in [3.63, 3.8) is 0 Å². The molecule has 6 heteroatoms. The Kier molecular flexibility index (Phi) is 2.79. The molecule has 1 aromatic rings. The summed E-state index contributed by atoms with van der Waals surface area (Å²) >= 11 is 0. The third-order valence-electron chi connectivity index (χ3n) is 2.93. The smallest absolute Gasteiger partial charge is 0.422 e. The summed E-state index contributed by atoms with van der Waals surface area (Å²) in [4.78, 5) is 0. The second-order valence-corrected chi connectivity index (χ2v) is 3.98. The second-order valence-electron chi connectivity index (χ2n) is 3.98. The van der Waals surface area contributed by atoms with Crippen LogP contribution in [-0.2, 0) is 12.0 Å². The van der Waals surface area contributed by atoms with E-state index in [1.165, 1.54) is 18.2 Å². The highest BCUT2D eigenvalue weighted by atomic mass is 19.4. The minimum atomic E-state index is -4.80. The Morgan fingerprint density at radius 3 is 2.65 bits per heavy atom. The lowest BCUT2D eigenvalue weighted by Crippen LogP contribution is -2.48. The molecule has 1 atom stereocenters. The minimum Gasteiger partial charge on any atom is -0.493 e. The van der Waals surface area contributed by atoms with Crippen LogP contribution in [0.4, 0.5) is 13.2 Å². The van der Waals surface area contributed by atoms with Crippen LogP contribution in [0.5, 0.6) is 5.75 Å². The van der Waals surface area contributed by atoms with Gasteiger partial charge in [-0.05, 0) is 23.3 Å². The lowest BCUT2D eigenvalue weighted by molar-refractivity contribution is -0.262. The molecule has 0 fully saturated rings. The van der Waals surface area contributed by atoms with Crippen LogP contribution < -0.4 is 10.5 Å². The zero-order valence-corrected chi connectivity index (χ0v) is 8.92. The van der Waals surface area contributed by atoms with Gasteiger partial charge in [-0.15, -0.1) is 0 Å². The first-order valence-corrected chi connectivity index (χ1v) is 5.14. The third-order valence-corrected chi connectivity index (χ3v) is 2.93. The van der Waals surface area contributed by atoms with E-state index in [0.29, 0.717) is 24.3 Å². The van der Waals surface area contributed by atoms with Crippen LogP contribution in [0.2, 0.25) is 0 Å². The Balaban J connectivity index is 2.45. The molecule has 0 saturated carbocycles. The Morgan fingerprint density at radius 1 is 1.35 bits per heavy atom. The van der Waals surface area contributed by atoms with Crippen molar-refractivity contribution in [2.45, 2.75) is 18.2 Å².